The summed E-state index contributed by atoms with van der Waals surface area (Å²) >= 11 is 6.23. The third-order valence-corrected chi connectivity index (χ3v) is 6.97. The van der Waals surface area contributed by atoms with Gasteiger partial charge in [-0.05, 0) is 37.1 Å². The Bertz CT molecular complexity index is 1360. The van der Waals surface area contributed by atoms with Crippen molar-refractivity contribution >= 4 is 49.8 Å². The highest BCUT2D eigenvalue weighted by Crippen LogP contribution is 2.36. The minimum Gasteiger partial charge on any atom is -0.349 e. The van der Waals surface area contributed by atoms with Gasteiger partial charge in [-0.25, -0.2) is 18.2 Å². The molecule has 0 amide bonds. The summed E-state index contributed by atoms with van der Waals surface area (Å²) in [6, 6.07) is 4.63. The molecular weight excluding hydrogens is 471 g/mol. The normalized spacial score (nSPS) is 14.8. The Kier molecular flexibility index (Phi) is 6.01. The van der Waals surface area contributed by atoms with E-state index in [0.717, 1.165) is 31.3 Å². The summed E-state index contributed by atoms with van der Waals surface area (Å²) in [7, 11) is -3.90. The summed E-state index contributed by atoms with van der Waals surface area (Å²) in [5, 5.41) is 1.64. The molecule has 0 unspecified atom stereocenters. The molecule has 0 aliphatic carbocycles. The lowest BCUT2D eigenvalue weighted by Crippen LogP contribution is -2.33. The molecular formula is C19H17ClF3N5O3S. The smallest absolute Gasteiger partial charge is 0.301 e. The molecule has 0 bridgehead atoms. The Morgan fingerprint density at radius 2 is 1.78 bits per heavy atom. The Morgan fingerprint density at radius 1 is 1.09 bits per heavy atom. The van der Waals surface area contributed by atoms with Gasteiger partial charge in [0.2, 0.25) is 0 Å². The minimum absolute atomic E-state index is 0.0126. The van der Waals surface area contributed by atoms with E-state index in [2.05, 4.69) is 15.0 Å². The zero-order valence-corrected chi connectivity index (χ0v) is 18.0. The van der Waals surface area contributed by atoms with E-state index >= 15 is 4.39 Å². The molecule has 8 nitrogen and oxygen atoms in total. The molecule has 2 heterocycles. The van der Waals surface area contributed by atoms with Crippen LogP contribution in [0.4, 0.5) is 30.2 Å². The zero-order chi connectivity index (χ0) is 23.0. The predicted octanol–water partition coefficient (Wildman–Crippen LogP) is 3.75. The van der Waals surface area contributed by atoms with Gasteiger partial charge in [0.15, 0.2) is 12.6 Å². The van der Waals surface area contributed by atoms with Crippen molar-refractivity contribution < 1.29 is 21.6 Å². The van der Waals surface area contributed by atoms with Crippen LogP contribution in [0.25, 0.3) is 10.9 Å². The molecule has 1 fully saturated rings. The first-order chi connectivity index (χ1) is 15.2. The van der Waals surface area contributed by atoms with Crippen LogP contribution in [-0.4, -0.2) is 35.4 Å². The van der Waals surface area contributed by atoms with Crippen molar-refractivity contribution in [3.8, 4) is 0 Å². The SMILES string of the molecule is O=c1c2c(F)c(Nc3c(F)ccc(NS(=O)(=O)N4CCCC4)c3Cl)ccc2ncn1CF. The molecule has 0 atom stereocenters. The van der Waals surface area contributed by atoms with Crippen LogP contribution in [0.5, 0.6) is 0 Å². The molecule has 0 saturated carbocycles. The summed E-state index contributed by atoms with van der Waals surface area (Å²) in [6.07, 6.45) is 2.40. The fourth-order valence-corrected chi connectivity index (χ4v) is 5.02. The van der Waals surface area contributed by atoms with Crippen LogP contribution in [0.3, 0.4) is 0 Å². The van der Waals surface area contributed by atoms with E-state index in [0.29, 0.717) is 17.7 Å². The number of alkyl halides is 1. The highest BCUT2D eigenvalue weighted by molar-refractivity contribution is 7.90. The number of aromatic nitrogens is 2. The van der Waals surface area contributed by atoms with E-state index in [1.54, 1.807) is 0 Å². The second kappa shape index (κ2) is 8.60. The third-order valence-electron chi connectivity index (χ3n) is 5.05. The summed E-state index contributed by atoms with van der Waals surface area (Å²) in [4.78, 5) is 16.1. The fraction of sp³-hybridized carbons (Fsp3) is 0.263. The molecule has 1 aromatic heterocycles. The maximum Gasteiger partial charge on any atom is 0.301 e. The summed E-state index contributed by atoms with van der Waals surface area (Å²) in [5.41, 5.74) is -1.79. The van der Waals surface area contributed by atoms with Gasteiger partial charge < -0.3 is 5.32 Å². The first kappa shape index (κ1) is 22.4. The molecule has 13 heteroatoms. The van der Waals surface area contributed by atoms with E-state index < -0.39 is 45.3 Å². The molecule has 0 radical (unpaired) electrons. The van der Waals surface area contributed by atoms with Crippen molar-refractivity contribution in [3.63, 3.8) is 0 Å². The third kappa shape index (κ3) is 4.00. The number of benzene rings is 2. The molecule has 4 rings (SSSR count). The highest BCUT2D eigenvalue weighted by atomic mass is 35.5. The van der Waals surface area contributed by atoms with E-state index in [1.165, 1.54) is 16.4 Å². The molecule has 170 valence electrons. The zero-order valence-electron chi connectivity index (χ0n) is 16.4. The van der Waals surface area contributed by atoms with Crippen LogP contribution in [0.2, 0.25) is 5.02 Å². The molecule has 2 N–H and O–H groups in total. The standard InChI is InChI=1S/C19H17ClF3N5O3S/c20-16-13(26-32(30,31)28-7-1-2-8-28)4-3-11(22)18(16)25-14-6-5-12-15(17(14)23)19(29)27(9-21)10-24-12/h3-6,10,25-26H,1-2,7-9H2. The molecule has 32 heavy (non-hydrogen) atoms. The number of fused-ring (bicyclic) bond motifs is 1. The van der Waals surface area contributed by atoms with E-state index in [9.17, 15) is 22.0 Å². The molecule has 1 saturated heterocycles. The second-order valence-corrected chi connectivity index (χ2v) is 9.13. The lowest BCUT2D eigenvalue weighted by molar-refractivity contribution is 0.367. The Labute approximate surface area is 185 Å². The van der Waals surface area contributed by atoms with Gasteiger partial charge >= 0.3 is 10.2 Å². The predicted molar refractivity (Wildman–Crippen MR) is 115 cm³/mol. The Hall–Kier alpha value is -2.83. The molecule has 3 aromatic rings. The minimum atomic E-state index is -3.90. The number of nitrogens with zero attached hydrogens (tertiary/aromatic N) is 3. The van der Waals surface area contributed by atoms with Crippen LogP contribution < -0.4 is 15.6 Å². The van der Waals surface area contributed by atoms with Gasteiger partial charge in [-0.1, -0.05) is 11.6 Å². The van der Waals surface area contributed by atoms with Crippen LogP contribution >= 0.6 is 11.6 Å². The number of halogens is 4. The second-order valence-electron chi connectivity index (χ2n) is 7.08. The van der Waals surface area contributed by atoms with Crippen LogP contribution in [0, 0.1) is 11.6 Å². The quantitative estimate of drug-likeness (QED) is 0.552. The van der Waals surface area contributed by atoms with E-state index in [4.69, 9.17) is 11.6 Å². The van der Waals surface area contributed by atoms with Gasteiger partial charge in [0.1, 0.15) is 17.5 Å². The van der Waals surface area contributed by atoms with Gasteiger partial charge in [0, 0.05) is 13.1 Å². The lowest BCUT2D eigenvalue weighted by atomic mass is 10.2. The lowest BCUT2D eigenvalue weighted by Gasteiger charge is -2.19. The molecule has 0 spiro atoms. The monoisotopic (exact) mass is 487 g/mol. The van der Waals surface area contributed by atoms with Gasteiger partial charge in [0.25, 0.3) is 5.56 Å². The Morgan fingerprint density at radius 3 is 2.47 bits per heavy atom. The first-order valence-corrected chi connectivity index (χ1v) is 11.3. The largest absolute Gasteiger partial charge is 0.349 e. The number of hydrogen-bond acceptors (Lipinski definition) is 5. The van der Waals surface area contributed by atoms with Crippen LogP contribution in [0.1, 0.15) is 12.8 Å². The van der Waals surface area contributed by atoms with Crippen molar-refractivity contribution in [3.05, 3.63) is 57.6 Å². The first-order valence-electron chi connectivity index (χ1n) is 9.49. The number of rotatable bonds is 6. The number of hydrogen-bond donors (Lipinski definition) is 2. The topological polar surface area (TPSA) is 96.3 Å². The van der Waals surface area contributed by atoms with Gasteiger partial charge in [0.05, 0.1) is 27.6 Å². The average Bonchev–Trinajstić information content (AvgIpc) is 3.31. The summed E-state index contributed by atoms with van der Waals surface area (Å²) < 4.78 is 71.7. The van der Waals surface area contributed by atoms with Crippen LogP contribution in [0.15, 0.2) is 35.4 Å². The molecule has 1 aliphatic rings. The van der Waals surface area contributed by atoms with Crippen molar-refractivity contribution in [2.24, 2.45) is 0 Å². The van der Waals surface area contributed by atoms with Crippen molar-refractivity contribution in [1.82, 2.24) is 13.9 Å². The summed E-state index contributed by atoms with van der Waals surface area (Å²) in [5.74, 6) is -1.97. The Balaban J connectivity index is 1.73. The van der Waals surface area contributed by atoms with Gasteiger partial charge in [-0.2, -0.15) is 12.7 Å². The number of anilines is 3. The maximum atomic E-state index is 15.0. The van der Waals surface area contributed by atoms with Crippen molar-refractivity contribution in [2.45, 2.75) is 19.6 Å². The van der Waals surface area contributed by atoms with Gasteiger partial charge in [-0.3, -0.25) is 14.1 Å². The van der Waals surface area contributed by atoms with E-state index in [1.807, 2.05) is 0 Å². The number of nitrogens with one attached hydrogen (secondary N) is 2. The maximum absolute atomic E-state index is 15.0. The molecule has 2 aromatic carbocycles. The van der Waals surface area contributed by atoms with Gasteiger partial charge in [-0.15, -0.1) is 0 Å². The van der Waals surface area contributed by atoms with Crippen molar-refractivity contribution in [1.29, 1.82) is 0 Å². The average molecular weight is 488 g/mol. The highest BCUT2D eigenvalue weighted by Gasteiger charge is 2.27. The molecule has 1 aliphatic heterocycles. The summed E-state index contributed by atoms with van der Waals surface area (Å²) in [6.45, 7) is -0.490. The van der Waals surface area contributed by atoms with E-state index in [-0.39, 0.29) is 21.9 Å². The van der Waals surface area contributed by atoms with Crippen molar-refractivity contribution in [2.75, 3.05) is 23.1 Å². The fourth-order valence-electron chi connectivity index (χ4n) is 3.40. The van der Waals surface area contributed by atoms with Crippen LogP contribution in [-0.2, 0) is 17.0 Å².